The number of rotatable bonds is 5. The SMILES string of the molecule is CCn1c(S[C@@H](C)c2nc3ccccc3s2)nnc1C1CC1. The van der Waals surface area contributed by atoms with Crippen molar-refractivity contribution in [1.29, 1.82) is 0 Å². The Morgan fingerprint density at radius 2 is 2.14 bits per heavy atom. The van der Waals surface area contributed by atoms with Gasteiger partial charge in [-0.15, -0.1) is 21.5 Å². The van der Waals surface area contributed by atoms with E-state index in [-0.39, 0.29) is 0 Å². The first-order valence-electron chi connectivity index (χ1n) is 7.71. The van der Waals surface area contributed by atoms with Gasteiger partial charge in [0.2, 0.25) is 0 Å². The van der Waals surface area contributed by atoms with Crippen molar-refractivity contribution < 1.29 is 0 Å². The summed E-state index contributed by atoms with van der Waals surface area (Å²) in [4.78, 5) is 4.76. The van der Waals surface area contributed by atoms with Crippen molar-refractivity contribution in [3.05, 3.63) is 35.1 Å². The summed E-state index contributed by atoms with van der Waals surface area (Å²) < 4.78 is 3.52. The minimum atomic E-state index is 0.291. The van der Waals surface area contributed by atoms with Gasteiger partial charge in [-0.05, 0) is 38.8 Å². The van der Waals surface area contributed by atoms with Crippen LogP contribution in [0.3, 0.4) is 0 Å². The van der Waals surface area contributed by atoms with E-state index in [0.29, 0.717) is 11.2 Å². The Labute approximate surface area is 138 Å². The summed E-state index contributed by atoms with van der Waals surface area (Å²) in [5.41, 5.74) is 1.09. The summed E-state index contributed by atoms with van der Waals surface area (Å²) in [5.74, 6) is 1.81. The number of para-hydroxylation sites is 1. The second kappa shape index (κ2) is 5.66. The van der Waals surface area contributed by atoms with Gasteiger partial charge in [-0.3, -0.25) is 0 Å². The lowest BCUT2D eigenvalue weighted by Gasteiger charge is -2.09. The molecule has 0 amide bonds. The minimum absolute atomic E-state index is 0.291. The molecular weight excluding hydrogens is 312 g/mol. The average Bonchev–Trinajstić information content (AvgIpc) is 3.15. The second-order valence-electron chi connectivity index (χ2n) is 5.64. The number of aromatic nitrogens is 4. The molecule has 22 heavy (non-hydrogen) atoms. The van der Waals surface area contributed by atoms with Crippen molar-refractivity contribution in [3.8, 4) is 0 Å². The smallest absolute Gasteiger partial charge is 0.191 e. The number of benzene rings is 1. The van der Waals surface area contributed by atoms with Gasteiger partial charge < -0.3 is 4.57 Å². The van der Waals surface area contributed by atoms with Gasteiger partial charge in [0.15, 0.2) is 5.16 Å². The number of hydrogen-bond acceptors (Lipinski definition) is 5. The second-order valence-corrected chi connectivity index (χ2v) is 8.01. The molecule has 1 atom stereocenters. The molecule has 1 aliphatic rings. The first-order chi connectivity index (χ1) is 10.8. The molecule has 0 unspecified atom stereocenters. The third-order valence-electron chi connectivity index (χ3n) is 3.94. The topological polar surface area (TPSA) is 43.6 Å². The van der Waals surface area contributed by atoms with E-state index in [1.807, 2.05) is 6.07 Å². The van der Waals surface area contributed by atoms with Crippen LogP contribution in [0.2, 0.25) is 0 Å². The molecule has 1 fully saturated rings. The third kappa shape index (κ3) is 2.54. The number of nitrogens with zero attached hydrogens (tertiary/aromatic N) is 4. The average molecular weight is 330 g/mol. The van der Waals surface area contributed by atoms with E-state index in [9.17, 15) is 0 Å². The Morgan fingerprint density at radius 3 is 2.86 bits per heavy atom. The lowest BCUT2D eigenvalue weighted by atomic mass is 10.3. The van der Waals surface area contributed by atoms with Gasteiger partial charge in [-0.1, -0.05) is 23.9 Å². The van der Waals surface area contributed by atoms with Crippen molar-refractivity contribution in [2.45, 2.75) is 49.6 Å². The van der Waals surface area contributed by atoms with Crippen LogP contribution >= 0.6 is 23.1 Å². The van der Waals surface area contributed by atoms with Crippen LogP contribution in [0.15, 0.2) is 29.4 Å². The lowest BCUT2D eigenvalue weighted by Crippen LogP contribution is -2.02. The van der Waals surface area contributed by atoms with E-state index in [1.54, 1.807) is 23.1 Å². The fraction of sp³-hybridized carbons (Fsp3) is 0.438. The summed E-state index contributed by atoms with van der Waals surface area (Å²) >= 11 is 3.54. The molecule has 1 aliphatic carbocycles. The molecule has 2 aromatic heterocycles. The molecule has 4 nitrogen and oxygen atoms in total. The van der Waals surface area contributed by atoms with E-state index < -0.39 is 0 Å². The summed E-state index contributed by atoms with van der Waals surface area (Å²) in [6.45, 7) is 5.31. The standard InChI is InChI=1S/C16H18N4S2/c1-3-20-14(11-8-9-11)18-19-16(20)21-10(2)15-17-12-6-4-5-7-13(12)22-15/h4-7,10-11H,3,8-9H2,1-2H3/t10-/m0/s1. The highest BCUT2D eigenvalue weighted by molar-refractivity contribution is 7.99. The van der Waals surface area contributed by atoms with Gasteiger partial charge in [0.25, 0.3) is 0 Å². The molecule has 0 spiro atoms. The number of thiazole rings is 1. The molecule has 0 bridgehead atoms. The number of fused-ring (bicyclic) bond motifs is 1. The molecule has 0 radical (unpaired) electrons. The van der Waals surface area contributed by atoms with Crippen LogP contribution in [0.1, 0.15) is 48.7 Å². The van der Waals surface area contributed by atoms with Crippen LogP contribution < -0.4 is 0 Å². The summed E-state index contributed by atoms with van der Waals surface area (Å²) in [6.07, 6.45) is 2.52. The van der Waals surface area contributed by atoms with Gasteiger partial charge >= 0.3 is 0 Å². The Balaban J connectivity index is 1.59. The quantitative estimate of drug-likeness (QED) is 0.639. The zero-order chi connectivity index (χ0) is 15.1. The van der Waals surface area contributed by atoms with Gasteiger partial charge in [-0.2, -0.15) is 0 Å². The fourth-order valence-corrected chi connectivity index (χ4v) is 4.70. The predicted octanol–water partition coefficient (Wildman–Crippen LogP) is 4.64. The van der Waals surface area contributed by atoms with Crippen LogP contribution in [0, 0.1) is 0 Å². The maximum Gasteiger partial charge on any atom is 0.191 e. The van der Waals surface area contributed by atoms with Gasteiger partial charge in [0.1, 0.15) is 10.8 Å². The largest absolute Gasteiger partial charge is 0.306 e. The normalized spacial score (nSPS) is 16.3. The van der Waals surface area contributed by atoms with Crippen molar-refractivity contribution in [3.63, 3.8) is 0 Å². The van der Waals surface area contributed by atoms with E-state index in [4.69, 9.17) is 4.98 Å². The fourth-order valence-electron chi connectivity index (χ4n) is 2.60. The number of thioether (sulfide) groups is 1. The van der Waals surface area contributed by atoms with Gasteiger partial charge in [-0.25, -0.2) is 4.98 Å². The molecule has 1 aromatic carbocycles. The predicted molar refractivity (Wildman–Crippen MR) is 91.6 cm³/mol. The minimum Gasteiger partial charge on any atom is -0.306 e. The molecule has 0 aliphatic heterocycles. The third-order valence-corrected chi connectivity index (χ3v) is 6.40. The van der Waals surface area contributed by atoms with Crippen LogP contribution in [0.4, 0.5) is 0 Å². The maximum atomic E-state index is 4.76. The Morgan fingerprint density at radius 1 is 1.32 bits per heavy atom. The van der Waals surface area contributed by atoms with Crippen LogP contribution in [0.5, 0.6) is 0 Å². The molecule has 3 aromatic rings. The van der Waals surface area contributed by atoms with Gasteiger partial charge in [0, 0.05) is 12.5 Å². The highest BCUT2D eigenvalue weighted by atomic mass is 32.2. The Hall–Kier alpha value is -1.40. The highest BCUT2D eigenvalue weighted by Crippen LogP contribution is 2.42. The summed E-state index contributed by atoms with van der Waals surface area (Å²) in [6, 6.07) is 8.32. The first kappa shape index (κ1) is 14.2. The molecule has 4 rings (SSSR count). The Bertz CT molecular complexity index is 770. The van der Waals surface area contributed by atoms with E-state index in [1.165, 1.54) is 23.4 Å². The van der Waals surface area contributed by atoms with Crippen molar-refractivity contribution in [2.75, 3.05) is 0 Å². The zero-order valence-electron chi connectivity index (χ0n) is 12.7. The molecule has 114 valence electrons. The Kier molecular flexibility index (Phi) is 3.66. The van der Waals surface area contributed by atoms with Crippen LogP contribution in [0.25, 0.3) is 10.2 Å². The van der Waals surface area contributed by atoms with Crippen molar-refractivity contribution in [2.24, 2.45) is 0 Å². The molecule has 0 saturated heterocycles. The summed E-state index contributed by atoms with van der Waals surface area (Å²) in [5, 5.41) is 11.3. The van der Waals surface area contributed by atoms with E-state index in [0.717, 1.165) is 22.2 Å². The molecular formula is C16H18N4S2. The van der Waals surface area contributed by atoms with Gasteiger partial charge in [0.05, 0.1) is 15.5 Å². The van der Waals surface area contributed by atoms with Crippen molar-refractivity contribution in [1.82, 2.24) is 19.7 Å². The highest BCUT2D eigenvalue weighted by Gasteiger charge is 2.30. The molecule has 6 heteroatoms. The van der Waals surface area contributed by atoms with Crippen LogP contribution in [-0.2, 0) is 6.54 Å². The molecule has 1 saturated carbocycles. The molecule has 2 heterocycles. The first-order valence-corrected chi connectivity index (χ1v) is 9.41. The summed E-state index contributed by atoms with van der Waals surface area (Å²) in [7, 11) is 0. The molecule has 0 N–H and O–H groups in total. The van der Waals surface area contributed by atoms with E-state index in [2.05, 4.69) is 46.8 Å². The number of hydrogen-bond donors (Lipinski definition) is 0. The maximum absolute atomic E-state index is 4.76. The van der Waals surface area contributed by atoms with E-state index >= 15 is 0 Å². The van der Waals surface area contributed by atoms with Crippen LogP contribution in [-0.4, -0.2) is 19.7 Å². The van der Waals surface area contributed by atoms with Crippen molar-refractivity contribution >= 4 is 33.3 Å². The lowest BCUT2D eigenvalue weighted by molar-refractivity contribution is 0.642. The zero-order valence-corrected chi connectivity index (χ0v) is 14.3. The monoisotopic (exact) mass is 330 g/mol.